The second-order valence-corrected chi connectivity index (χ2v) is 3.85. The third-order valence-corrected chi connectivity index (χ3v) is 2.69. The van der Waals surface area contributed by atoms with E-state index in [2.05, 4.69) is 4.74 Å². The Kier molecular flexibility index (Phi) is 7.87. The number of carbonyl (C=O) groups is 1. The molecule has 0 saturated carbocycles. The summed E-state index contributed by atoms with van der Waals surface area (Å²) >= 11 is 1.40. The van der Waals surface area contributed by atoms with E-state index in [1.54, 1.807) is 0 Å². The van der Waals surface area contributed by atoms with E-state index >= 15 is 0 Å². The van der Waals surface area contributed by atoms with Gasteiger partial charge in [-0.3, -0.25) is 4.79 Å². The second kappa shape index (κ2) is 8.05. The maximum absolute atomic E-state index is 10.9. The van der Waals surface area contributed by atoms with E-state index in [0.717, 1.165) is 0 Å². The molecule has 5 nitrogen and oxygen atoms in total. The molecule has 0 aromatic rings. The predicted molar refractivity (Wildman–Crippen MR) is 55.2 cm³/mol. The van der Waals surface area contributed by atoms with Gasteiger partial charge in [0.25, 0.3) is 0 Å². The fourth-order valence-corrected chi connectivity index (χ4v) is 1.69. The second-order valence-electron chi connectivity index (χ2n) is 2.78. The molecular weight excluding hydrogens is 206 g/mol. The first-order chi connectivity index (χ1) is 6.61. The summed E-state index contributed by atoms with van der Waals surface area (Å²) in [5, 5.41) is 9.26. The molecule has 2 atom stereocenters. The number of rotatable bonds is 7. The van der Waals surface area contributed by atoms with Crippen molar-refractivity contribution >= 4 is 17.7 Å². The van der Waals surface area contributed by atoms with Crippen molar-refractivity contribution in [3.63, 3.8) is 0 Å². The Balaban J connectivity index is 3.48. The van der Waals surface area contributed by atoms with Gasteiger partial charge in [-0.1, -0.05) is 0 Å². The zero-order valence-corrected chi connectivity index (χ0v) is 9.25. The zero-order valence-electron chi connectivity index (χ0n) is 8.43. The van der Waals surface area contributed by atoms with Crippen molar-refractivity contribution in [1.82, 2.24) is 0 Å². The molecule has 0 aliphatic heterocycles. The summed E-state index contributed by atoms with van der Waals surface area (Å²) in [6.07, 6.45) is -0.519. The lowest BCUT2D eigenvalue weighted by atomic mass is 10.4. The first-order valence-electron chi connectivity index (χ1n) is 4.20. The van der Waals surface area contributed by atoms with Crippen LogP contribution in [0.1, 0.15) is 0 Å². The number of nitrogens with two attached hydrogens (primary N) is 1. The monoisotopic (exact) mass is 223 g/mol. The Morgan fingerprint density at radius 3 is 2.64 bits per heavy atom. The lowest BCUT2D eigenvalue weighted by Gasteiger charge is -2.11. The third kappa shape index (κ3) is 6.20. The van der Waals surface area contributed by atoms with Crippen molar-refractivity contribution in [2.24, 2.45) is 5.73 Å². The maximum Gasteiger partial charge on any atom is 0.323 e. The van der Waals surface area contributed by atoms with Crippen LogP contribution in [0.5, 0.6) is 0 Å². The van der Waals surface area contributed by atoms with Gasteiger partial charge < -0.3 is 20.3 Å². The number of esters is 1. The molecular formula is C8H17NO4S. The zero-order chi connectivity index (χ0) is 11.0. The van der Waals surface area contributed by atoms with Crippen LogP contribution in [-0.4, -0.2) is 55.6 Å². The Morgan fingerprint density at radius 1 is 1.50 bits per heavy atom. The van der Waals surface area contributed by atoms with E-state index in [0.29, 0.717) is 18.1 Å². The highest BCUT2D eigenvalue weighted by atomic mass is 32.2. The van der Waals surface area contributed by atoms with E-state index in [4.69, 9.17) is 10.5 Å². The van der Waals surface area contributed by atoms with Gasteiger partial charge in [0, 0.05) is 18.6 Å². The van der Waals surface area contributed by atoms with Gasteiger partial charge in [0.05, 0.1) is 19.8 Å². The van der Waals surface area contributed by atoms with Crippen molar-refractivity contribution in [2.75, 3.05) is 32.3 Å². The average molecular weight is 223 g/mol. The molecule has 84 valence electrons. The molecule has 14 heavy (non-hydrogen) atoms. The summed E-state index contributed by atoms with van der Waals surface area (Å²) in [6, 6.07) is -0.625. The normalized spacial score (nSPS) is 14.9. The third-order valence-electron chi connectivity index (χ3n) is 1.47. The van der Waals surface area contributed by atoms with Crippen LogP contribution in [-0.2, 0) is 14.3 Å². The molecule has 6 heteroatoms. The Morgan fingerprint density at radius 2 is 2.14 bits per heavy atom. The van der Waals surface area contributed by atoms with Crippen LogP contribution in [0.15, 0.2) is 0 Å². The van der Waals surface area contributed by atoms with Gasteiger partial charge in [0.15, 0.2) is 0 Å². The average Bonchev–Trinajstić information content (AvgIpc) is 2.16. The Labute approximate surface area is 87.9 Å². The Hall–Kier alpha value is -0.300. The van der Waals surface area contributed by atoms with E-state index in [9.17, 15) is 9.90 Å². The minimum Gasteiger partial charge on any atom is -0.468 e. The van der Waals surface area contributed by atoms with Crippen molar-refractivity contribution < 1.29 is 19.4 Å². The van der Waals surface area contributed by atoms with Gasteiger partial charge in [-0.05, 0) is 0 Å². The van der Waals surface area contributed by atoms with Crippen LogP contribution in [0.25, 0.3) is 0 Å². The molecule has 0 amide bonds. The van der Waals surface area contributed by atoms with Crippen molar-refractivity contribution in [3.8, 4) is 0 Å². The quantitative estimate of drug-likeness (QED) is 0.551. The Bertz CT molecular complexity index is 167. The summed E-state index contributed by atoms with van der Waals surface area (Å²) in [5.74, 6) is 0.505. The number of hydrogen-bond donors (Lipinski definition) is 2. The largest absolute Gasteiger partial charge is 0.468 e. The maximum atomic E-state index is 10.9. The van der Waals surface area contributed by atoms with E-state index in [1.165, 1.54) is 26.0 Å². The van der Waals surface area contributed by atoms with Gasteiger partial charge >= 0.3 is 5.97 Å². The highest BCUT2D eigenvalue weighted by Gasteiger charge is 2.14. The first-order valence-corrected chi connectivity index (χ1v) is 5.35. The molecule has 0 bridgehead atoms. The van der Waals surface area contributed by atoms with E-state index < -0.39 is 18.1 Å². The van der Waals surface area contributed by atoms with E-state index in [1.807, 2.05) is 0 Å². The van der Waals surface area contributed by atoms with Gasteiger partial charge in [-0.15, -0.1) is 0 Å². The molecule has 0 aliphatic rings. The van der Waals surface area contributed by atoms with Crippen LogP contribution in [0, 0.1) is 0 Å². The number of ether oxygens (including phenoxy) is 2. The minimum absolute atomic E-state index is 0.292. The molecule has 0 heterocycles. The van der Waals surface area contributed by atoms with Gasteiger partial charge in [-0.25, -0.2) is 0 Å². The van der Waals surface area contributed by atoms with E-state index in [-0.39, 0.29) is 0 Å². The van der Waals surface area contributed by atoms with Crippen LogP contribution in [0.3, 0.4) is 0 Å². The molecule has 0 radical (unpaired) electrons. The predicted octanol–water partition coefficient (Wildman–Crippen LogP) is -0.773. The van der Waals surface area contributed by atoms with Gasteiger partial charge in [0.1, 0.15) is 6.04 Å². The number of hydrogen-bond acceptors (Lipinski definition) is 6. The molecule has 0 aliphatic carbocycles. The number of aliphatic hydroxyl groups is 1. The molecule has 0 fully saturated rings. The summed E-state index contributed by atoms with van der Waals surface area (Å²) in [4.78, 5) is 10.9. The number of carbonyl (C=O) groups excluding carboxylic acids is 1. The number of aliphatic hydroxyl groups excluding tert-OH is 1. The standard InChI is InChI=1S/C8H17NO4S/c1-12-3-6(10)4-14-5-7(9)8(11)13-2/h6-7,10H,3-5,9H2,1-2H3. The topological polar surface area (TPSA) is 81.8 Å². The molecule has 0 aromatic heterocycles. The van der Waals surface area contributed by atoms with Crippen molar-refractivity contribution in [1.29, 1.82) is 0 Å². The van der Waals surface area contributed by atoms with Crippen LogP contribution in [0.4, 0.5) is 0 Å². The first kappa shape index (κ1) is 13.7. The number of methoxy groups -OCH3 is 2. The molecule has 0 rings (SSSR count). The smallest absolute Gasteiger partial charge is 0.323 e. The van der Waals surface area contributed by atoms with Crippen LogP contribution < -0.4 is 5.73 Å². The summed E-state index contributed by atoms with van der Waals surface area (Å²) in [7, 11) is 2.82. The van der Waals surface area contributed by atoms with Gasteiger partial charge in [-0.2, -0.15) is 11.8 Å². The van der Waals surface area contributed by atoms with Crippen LogP contribution in [0.2, 0.25) is 0 Å². The number of thioether (sulfide) groups is 1. The van der Waals surface area contributed by atoms with Crippen molar-refractivity contribution in [3.05, 3.63) is 0 Å². The van der Waals surface area contributed by atoms with Gasteiger partial charge in [0.2, 0.25) is 0 Å². The molecule has 0 aromatic carbocycles. The lowest BCUT2D eigenvalue weighted by Crippen LogP contribution is -2.34. The minimum atomic E-state index is -0.625. The van der Waals surface area contributed by atoms with Crippen molar-refractivity contribution in [2.45, 2.75) is 12.1 Å². The summed E-state index contributed by atoms with van der Waals surface area (Å²) in [6.45, 7) is 0.292. The summed E-state index contributed by atoms with van der Waals surface area (Å²) in [5.41, 5.74) is 5.48. The highest BCUT2D eigenvalue weighted by molar-refractivity contribution is 7.99. The lowest BCUT2D eigenvalue weighted by molar-refractivity contribution is -0.141. The molecule has 0 saturated heterocycles. The fraction of sp³-hybridized carbons (Fsp3) is 0.875. The fourth-order valence-electron chi connectivity index (χ4n) is 0.791. The SMILES string of the molecule is COCC(O)CSCC(N)C(=O)OC. The molecule has 2 unspecified atom stereocenters. The molecule has 3 N–H and O–H groups in total. The highest BCUT2D eigenvalue weighted by Crippen LogP contribution is 2.05. The van der Waals surface area contributed by atoms with Crippen LogP contribution >= 0.6 is 11.8 Å². The molecule has 0 spiro atoms. The summed E-state index contributed by atoms with van der Waals surface area (Å²) < 4.78 is 9.20.